The van der Waals surface area contributed by atoms with Gasteiger partial charge < -0.3 is 5.73 Å². The minimum atomic E-state index is 0.236. The third-order valence-corrected chi connectivity index (χ3v) is 2.89. The lowest BCUT2D eigenvalue weighted by molar-refractivity contribution is 0.417. The van der Waals surface area contributed by atoms with E-state index in [1.165, 1.54) is 18.4 Å². The largest absolute Gasteiger partial charge is 0.327 e. The molecule has 0 aromatic carbocycles. The van der Waals surface area contributed by atoms with E-state index in [-0.39, 0.29) is 6.04 Å². The third-order valence-electron chi connectivity index (χ3n) is 2.89. The van der Waals surface area contributed by atoms with Crippen molar-refractivity contribution in [3.05, 3.63) is 29.6 Å². The Kier molecular flexibility index (Phi) is 4.76. The second-order valence-corrected chi connectivity index (χ2v) is 4.46. The number of nitrogens with zero attached hydrogens (tertiary/aromatic N) is 1. The first kappa shape index (κ1) is 12.2. The molecule has 1 aromatic heterocycles. The van der Waals surface area contributed by atoms with Gasteiger partial charge in [0, 0.05) is 24.4 Å². The molecule has 1 rings (SSSR count). The predicted molar refractivity (Wildman–Crippen MR) is 64.7 cm³/mol. The van der Waals surface area contributed by atoms with Crippen LogP contribution in [0.2, 0.25) is 0 Å². The van der Waals surface area contributed by atoms with Crippen LogP contribution in [0.1, 0.15) is 37.9 Å². The van der Waals surface area contributed by atoms with E-state index in [0.717, 1.165) is 12.1 Å². The molecule has 0 radical (unpaired) electrons. The van der Waals surface area contributed by atoms with Crippen LogP contribution in [-0.4, -0.2) is 11.0 Å². The van der Waals surface area contributed by atoms with Crippen LogP contribution in [0.15, 0.2) is 18.3 Å². The Hall–Kier alpha value is -0.890. The molecule has 2 atom stereocenters. The molecule has 2 heteroatoms. The van der Waals surface area contributed by atoms with Gasteiger partial charge in [0.1, 0.15) is 0 Å². The molecule has 0 aliphatic rings. The van der Waals surface area contributed by atoms with Crippen molar-refractivity contribution in [2.75, 3.05) is 0 Å². The summed E-state index contributed by atoms with van der Waals surface area (Å²) in [5.41, 5.74) is 8.44. The van der Waals surface area contributed by atoms with Gasteiger partial charge in [-0.15, -0.1) is 0 Å². The molecule has 1 aromatic rings. The zero-order valence-electron chi connectivity index (χ0n) is 10.0. The van der Waals surface area contributed by atoms with Crippen LogP contribution in [-0.2, 0) is 6.42 Å². The number of aryl methyl sites for hydroxylation is 1. The fraction of sp³-hybridized carbons (Fsp3) is 0.615. The molecule has 0 saturated heterocycles. The molecule has 0 amide bonds. The predicted octanol–water partition coefficient (Wildman–Crippen LogP) is 2.70. The quantitative estimate of drug-likeness (QED) is 0.804. The van der Waals surface area contributed by atoms with Gasteiger partial charge in [-0.1, -0.05) is 26.3 Å². The van der Waals surface area contributed by atoms with Gasteiger partial charge in [-0.05, 0) is 30.9 Å². The molecule has 1 heterocycles. The normalized spacial score (nSPS) is 14.9. The molecule has 0 fully saturated rings. The molecule has 0 saturated carbocycles. The van der Waals surface area contributed by atoms with E-state index >= 15 is 0 Å². The molecule has 0 aliphatic heterocycles. The van der Waals surface area contributed by atoms with E-state index in [1.54, 1.807) is 0 Å². The number of aromatic nitrogens is 1. The highest BCUT2D eigenvalue weighted by Crippen LogP contribution is 2.12. The fourth-order valence-corrected chi connectivity index (χ4v) is 1.73. The summed E-state index contributed by atoms with van der Waals surface area (Å²) in [5, 5.41) is 0. The Morgan fingerprint density at radius 3 is 2.67 bits per heavy atom. The van der Waals surface area contributed by atoms with Crippen molar-refractivity contribution in [3.8, 4) is 0 Å². The maximum absolute atomic E-state index is 6.13. The Balaban J connectivity index is 2.50. The van der Waals surface area contributed by atoms with Crippen LogP contribution < -0.4 is 5.73 Å². The molecule has 0 aliphatic carbocycles. The van der Waals surface area contributed by atoms with Crippen LogP contribution in [0.5, 0.6) is 0 Å². The minimum absolute atomic E-state index is 0.236. The zero-order chi connectivity index (χ0) is 11.3. The second kappa shape index (κ2) is 5.86. The Morgan fingerprint density at radius 1 is 1.40 bits per heavy atom. The van der Waals surface area contributed by atoms with E-state index < -0.39 is 0 Å². The maximum atomic E-state index is 6.13. The Morgan fingerprint density at radius 2 is 2.13 bits per heavy atom. The SMILES string of the molecule is CCCC(C)C(N)Cc1ccc(C)cn1. The van der Waals surface area contributed by atoms with E-state index in [1.807, 2.05) is 6.20 Å². The van der Waals surface area contributed by atoms with Gasteiger partial charge in [0.15, 0.2) is 0 Å². The third kappa shape index (κ3) is 4.00. The number of hydrogen-bond donors (Lipinski definition) is 1. The molecule has 84 valence electrons. The molecular weight excluding hydrogens is 184 g/mol. The summed E-state index contributed by atoms with van der Waals surface area (Å²) in [6.07, 6.45) is 5.21. The number of hydrogen-bond acceptors (Lipinski definition) is 2. The average Bonchev–Trinajstić information content (AvgIpc) is 2.22. The molecule has 2 N–H and O–H groups in total. The van der Waals surface area contributed by atoms with Crippen LogP contribution in [0.3, 0.4) is 0 Å². The summed E-state index contributed by atoms with van der Waals surface area (Å²) >= 11 is 0. The lowest BCUT2D eigenvalue weighted by atomic mass is 9.94. The first-order valence-corrected chi connectivity index (χ1v) is 5.80. The maximum Gasteiger partial charge on any atom is 0.0419 e. The Bertz CT molecular complexity index is 279. The first-order valence-electron chi connectivity index (χ1n) is 5.80. The topological polar surface area (TPSA) is 38.9 Å². The smallest absolute Gasteiger partial charge is 0.0419 e. The van der Waals surface area contributed by atoms with Gasteiger partial charge in [-0.25, -0.2) is 0 Å². The van der Waals surface area contributed by atoms with Crippen molar-refractivity contribution in [1.82, 2.24) is 4.98 Å². The summed E-state index contributed by atoms with van der Waals surface area (Å²) in [6.45, 7) is 6.48. The first-order chi connectivity index (χ1) is 7.13. The number of rotatable bonds is 5. The minimum Gasteiger partial charge on any atom is -0.327 e. The monoisotopic (exact) mass is 206 g/mol. The van der Waals surface area contributed by atoms with Crippen LogP contribution in [0, 0.1) is 12.8 Å². The number of pyridine rings is 1. The van der Waals surface area contributed by atoms with Crippen molar-refractivity contribution < 1.29 is 0 Å². The highest BCUT2D eigenvalue weighted by Gasteiger charge is 2.12. The van der Waals surface area contributed by atoms with Crippen molar-refractivity contribution >= 4 is 0 Å². The van der Waals surface area contributed by atoms with Gasteiger partial charge in [-0.3, -0.25) is 4.98 Å². The summed E-state index contributed by atoms with van der Waals surface area (Å²) in [7, 11) is 0. The average molecular weight is 206 g/mol. The molecule has 2 unspecified atom stereocenters. The summed E-state index contributed by atoms with van der Waals surface area (Å²) < 4.78 is 0. The zero-order valence-corrected chi connectivity index (χ0v) is 10.0. The summed E-state index contributed by atoms with van der Waals surface area (Å²) in [4.78, 5) is 4.38. The van der Waals surface area contributed by atoms with Crippen LogP contribution >= 0.6 is 0 Å². The standard InChI is InChI=1S/C13H22N2/c1-4-5-11(3)13(14)8-12-7-6-10(2)9-15-12/h6-7,9,11,13H,4-5,8,14H2,1-3H3. The number of nitrogens with two attached hydrogens (primary N) is 1. The van der Waals surface area contributed by atoms with E-state index in [9.17, 15) is 0 Å². The van der Waals surface area contributed by atoms with E-state index in [2.05, 4.69) is 37.9 Å². The summed E-state index contributed by atoms with van der Waals surface area (Å²) in [5.74, 6) is 0.582. The molecule has 0 spiro atoms. The van der Waals surface area contributed by atoms with E-state index in [0.29, 0.717) is 5.92 Å². The van der Waals surface area contributed by atoms with Gasteiger partial charge in [0.25, 0.3) is 0 Å². The lowest BCUT2D eigenvalue weighted by Gasteiger charge is -2.18. The van der Waals surface area contributed by atoms with Gasteiger partial charge in [0.2, 0.25) is 0 Å². The van der Waals surface area contributed by atoms with Gasteiger partial charge in [0.05, 0.1) is 0 Å². The fourth-order valence-electron chi connectivity index (χ4n) is 1.73. The molecule has 0 bridgehead atoms. The molecule has 15 heavy (non-hydrogen) atoms. The summed E-state index contributed by atoms with van der Waals surface area (Å²) in [6, 6.07) is 4.41. The highest BCUT2D eigenvalue weighted by atomic mass is 14.7. The van der Waals surface area contributed by atoms with Crippen LogP contribution in [0.25, 0.3) is 0 Å². The Labute approximate surface area is 92.9 Å². The van der Waals surface area contributed by atoms with Crippen molar-refractivity contribution in [1.29, 1.82) is 0 Å². The van der Waals surface area contributed by atoms with Crippen molar-refractivity contribution in [2.24, 2.45) is 11.7 Å². The van der Waals surface area contributed by atoms with Crippen molar-refractivity contribution in [3.63, 3.8) is 0 Å². The second-order valence-electron chi connectivity index (χ2n) is 4.46. The van der Waals surface area contributed by atoms with Gasteiger partial charge >= 0.3 is 0 Å². The highest BCUT2D eigenvalue weighted by molar-refractivity contribution is 5.13. The molecule has 2 nitrogen and oxygen atoms in total. The van der Waals surface area contributed by atoms with Crippen LogP contribution in [0.4, 0.5) is 0 Å². The lowest BCUT2D eigenvalue weighted by Crippen LogP contribution is -2.30. The molecular formula is C13H22N2. The van der Waals surface area contributed by atoms with E-state index in [4.69, 9.17) is 5.73 Å². The van der Waals surface area contributed by atoms with Crippen molar-refractivity contribution in [2.45, 2.75) is 46.1 Å². The van der Waals surface area contributed by atoms with Gasteiger partial charge in [-0.2, -0.15) is 0 Å².